The molecule has 3 heteroatoms. The molecule has 1 N–H and O–H groups in total. The lowest BCUT2D eigenvalue weighted by Crippen LogP contribution is -2.25. The molecule has 0 aromatic heterocycles. The zero-order valence-electron chi connectivity index (χ0n) is 12.0. The van der Waals surface area contributed by atoms with Crippen molar-refractivity contribution in [2.75, 3.05) is 19.8 Å². The average molecular weight is 263 g/mol. The van der Waals surface area contributed by atoms with E-state index in [0.29, 0.717) is 12.0 Å². The van der Waals surface area contributed by atoms with Gasteiger partial charge in [-0.25, -0.2) is 0 Å². The predicted molar refractivity (Wildman–Crippen MR) is 77.5 cm³/mol. The zero-order valence-corrected chi connectivity index (χ0v) is 12.0. The predicted octanol–water partition coefficient (Wildman–Crippen LogP) is 2.99. The Bertz CT molecular complexity index is 356. The lowest BCUT2D eigenvalue weighted by molar-refractivity contribution is 0.110. The molecule has 0 amide bonds. The second-order valence-electron chi connectivity index (χ2n) is 5.61. The standard InChI is InChI=1S/C16H25NO2/c1-13(2)12-19-15-7-5-14(6-8-15)10-17-11-16-4-3-9-18-16/h5-8,13,16-17H,3-4,9-12H2,1-2H3/t16-/m1/s1. The van der Waals surface area contributed by atoms with Gasteiger partial charge in [-0.05, 0) is 36.5 Å². The van der Waals surface area contributed by atoms with Gasteiger partial charge < -0.3 is 14.8 Å². The summed E-state index contributed by atoms with van der Waals surface area (Å²) in [6, 6.07) is 8.34. The van der Waals surface area contributed by atoms with Crippen LogP contribution < -0.4 is 10.1 Å². The fourth-order valence-electron chi connectivity index (χ4n) is 2.15. The lowest BCUT2D eigenvalue weighted by Gasteiger charge is -2.12. The van der Waals surface area contributed by atoms with Crippen molar-refractivity contribution in [3.63, 3.8) is 0 Å². The number of rotatable bonds is 7. The van der Waals surface area contributed by atoms with E-state index >= 15 is 0 Å². The molecule has 19 heavy (non-hydrogen) atoms. The van der Waals surface area contributed by atoms with Gasteiger partial charge in [0.15, 0.2) is 0 Å². The van der Waals surface area contributed by atoms with Gasteiger partial charge in [-0.3, -0.25) is 0 Å². The first-order chi connectivity index (χ1) is 9.24. The maximum absolute atomic E-state index is 5.67. The number of hydrogen-bond acceptors (Lipinski definition) is 3. The van der Waals surface area contributed by atoms with E-state index < -0.39 is 0 Å². The SMILES string of the molecule is CC(C)COc1ccc(CNC[C@H]2CCCO2)cc1. The molecule has 0 bridgehead atoms. The van der Waals surface area contributed by atoms with Crippen molar-refractivity contribution >= 4 is 0 Å². The Balaban J connectivity index is 1.69. The molecular weight excluding hydrogens is 238 g/mol. The lowest BCUT2D eigenvalue weighted by atomic mass is 10.2. The molecule has 1 fully saturated rings. The van der Waals surface area contributed by atoms with E-state index in [1.165, 1.54) is 18.4 Å². The topological polar surface area (TPSA) is 30.5 Å². The van der Waals surface area contributed by atoms with Crippen molar-refractivity contribution in [3.8, 4) is 5.75 Å². The van der Waals surface area contributed by atoms with Crippen molar-refractivity contribution in [2.24, 2.45) is 5.92 Å². The van der Waals surface area contributed by atoms with Crippen LogP contribution in [-0.4, -0.2) is 25.9 Å². The molecule has 1 atom stereocenters. The van der Waals surface area contributed by atoms with Crippen LogP contribution in [0, 0.1) is 5.92 Å². The first-order valence-electron chi connectivity index (χ1n) is 7.28. The van der Waals surface area contributed by atoms with Crippen molar-refractivity contribution in [3.05, 3.63) is 29.8 Å². The second kappa shape index (κ2) is 7.51. The van der Waals surface area contributed by atoms with Crippen LogP contribution in [0.1, 0.15) is 32.3 Å². The number of benzene rings is 1. The Morgan fingerprint density at radius 1 is 1.32 bits per heavy atom. The highest BCUT2D eigenvalue weighted by atomic mass is 16.5. The molecule has 0 unspecified atom stereocenters. The number of hydrogen-bond donors (Lipinski definition) is 1. The summed E-state index contributed by atoms with van der Waals surface area (Å²) in [5.41, 5.74) is 1.29. The minimum Gasteiger partial charge on any atom is -0.493 e. The van der Waals surface area contributed by atoms with Crippen molar-refractivity contribution < 1.29 is 9.47 Å². The fraction of sp³-hybridized carbons (Fsp3) is 0.625. The van der Waals surface area contributed by atoms with Gasteiger partial charge in [0.2, 0.25) is 0 Å². The van der Waals surface area contributed by atoms with Gasteiger partial charge in [-0.2, -0.15) is 0 Å². The molecule has 3 nitrogen and oxygen atoms in total. The minimum absolute atomic E-state index is 0.411. The van der Waals surface area contributed by atoms with Gasteiger partial charge >= 0.3 is 0 Å². The third kappa shape index (κ3) is 5.21. The van der Waals surface area contributed by atoms with E-state index in [2.05, 4.69) is 31.3 Å². The highest BCUT2D eigenvalue weighted by molar-refractivity contribution is 5.27. The molecule has 0 spiro atoms. The molecule has 106 valence electrons. The molecular formula is C16H25NO2. The molecule has 1 aliphatic rings. The van der Waals surface area contributed by atoms with Gasteiger partial charge in [-0.15, -0.1) is 0 Å². The van der Waals surface area contributed by atoms with Crippen LogP contribution in [0.15, 0.2) is 24.3 Å². The van der Waals surface area contributed by atoms with Gasteiger partial charge in [0.1, 0.15) is 5.75 Å². The first-order valence-corrected chi connectivity index (χ1v) is 7.28. The van der Waals surface area contributed by atoms with Crippen LogP contribution in [0.25, 0.3) is 0 Å². The molecule has 1 aromatic rings. The summed E-state index contributed by atoms with van der Waals surface area (Å²) in [4.78, 5) is 0. The quantitative estimate of drug-likeness (QED) is 0.820. The summed E-state index contributed by atoms with van der Waals surface area (Å²) in [5, 5.41) is 3.45. The maximum Gasteiger partial charge on any atom is 0.119 e. The van der Waals surface area contributed by atoms with Gasteiger partial charge in [0.25, 0.3) is 0 Å². The van der Waals surface area contributed by atoms with E-state index in [9.17, 15) is 0 Å². The Labute approximate surface area is 116 Å². The zero-order chi connectivity index (χ0) is 13.5. The summed E-state index contributed by atoms with van der Waals surface area (Å²) >= 11 is 0. The van der Waals surface area contributed by atoms with Crippen molar-refractivity contribution in [2.45, 2.75) is 39.3 Å². The summed E-state index contributed by atoms with van der Waals surface area (Å²) in [6.45, 7) is 7.85. The van der Waals surface area contributed by atoms with E-state index in [1.54, 1.807) is 0 Å². The summed E-state index contributed by atoms with van der Waals surface area (Å²) in [5.74, 6) is 1.52. The molecule has 1 aliphatic heterocycles. The summed E-state index contributed by atoms with van der Waals surface area (Å²) in [6.07, 6.45) is 2.80. The smallest absolute Gasteiger partial charge is 0.119 e. The fourth-order valence-corrected chi connectivity index (χ4v) is 2.15. The van der Waals surface area contributed by atoms with Crippen LogP contribution in [0.4, 0.5) is 0 Å². The second-order valence-corrected chi connectivity index (χ2v) is 5.61. The molecule has 0 aliphatic carbocycles. The first kappa shape index (κ1) is 14.4. The normalized spacial score (nSPS) is 19.0. The monoisotopic (exact) mass is 263 g/mol. The van der Waals surface area contributed by atoms with E-state index in [1.807, 2.05) is 12.1 Å². The van der Waals surface area contributed by atoms with E-state index in [0.717, 1.165) is 32.1 Å². The Morgan fingerprint density at radius 3 is 2.74 bits per heavy atom. The van der Waals surface area contributed by atoms with Gasteiger partial charge in [0, 0.05) is 19.7 Å². The highest BCUT2D eigenvalue weighted by Crippen LogP contribution is 2.14. The molecule has 2 rings (SSSR count). The van der Waals surface area contributed by atoms with Crippen molar-refractivity contribution in [1.29, 1.82) is 0 Å². The van der Waals surface area contributed by atoms with Gasteiger partial charge in [0.05, 0.1) is 12.7 Å². The van der Waals surface area contributed by atoms with Crippen LogP contribution >= 0.6 is 0 Å². The third-order valence-electron chi connectivity index (χ3n) is 3.23. The van der Waals surface area contributed by atoms with E-state index in [-0.39, 0.29) is 0 Å². The Hall–Kier alpha value is -1.06. The minimum atomic E-state index is 0.411. The Kier molecular flexibility index (Phi) is 5.67. The number of ether oxygens (including phenoxy) is 2. The van der Waals surface area contributed by atoms with Crippen LogP contribution in [0.2, 0.25) is 0 Å². The molecule has 1 aromatic carbocycles. The Morgan fingerprint density at radius 2 is 2.11 bits per heavy atom. The van der Waals surface area contributed by atoms with Crippen LogP contribution in [0.5, 0.6) is 5.75 Å². The van der Waals surface area contributed by atoms with Crippen LogP contribution in [0.3, 0.4) is 0 Å². The van der Waals surface area contributed by atoms with Crippen molar-refractivity contribution in [1.82, 2.24) is 5.32 Å². The van der Waals surface area contributed by atoms with Gasteiger partial charge in [-0.1, -0.05) is 26.0 Å². The maximum atomic E-state index is 5.67. The summed E-state index contributed by atoms with van der Waals surface area (Å²) in [7, 11) is 0. The molecule has 0 saturated carbocycles. The highest BCUT2D eigenvalue weighted by Gasteiger charge is 2.14. The van der Waals surface area contributed by atoms with Crippen LogP contribution in [-0.2, 0) is 11.3 Å². The average Bonchev–Trinajstić information content (AvgIpc) is 2.91. The molecule has 0 radical (unpaired) electrons. The summed E-state index contributed by atoms with van der Waals surface area (Å²) < 4.78 is 11.2. The molecule has 1 heterocycles. The molecule has 1 saturated heterocycles. The number of nitrogens with one attached hydrogen (secondary N) is 1. The largest absolute Gasteiger partial charge is 0.493 e. The third-order valence-corrected chi connectivity index (χ3v) is 3.23. The van der Waals surface area contributed by atoms with E-state index in [4.69, 9.17) is 9.47 Å².